The molecule has 0 spiro atoms. The number of carbonyl (C=O) groups is 1. The second-order valence-corrected chi connectivity index (χ2v) is 7.32. The zero-order valence-corrected chi connectivity index (χ0v) is 19.6. The number of aromatic carboxylic acids is 1. The highest BCUT2D eigenvalue weighted by Gasteiger charge is 2.12. The molecule has 1 heterocycles. The van der Waals surface area contributed by atoms with Gasteiger partial charge in [0.1, 0.15) is 17.2 Å². The fourth-order valence-corrected chi connectivity index (χ4v) is 3.18. The number of benzene rings is 3. The number of aromatic nitrogens is 2. The van der Waals surface area contributed by atoms with Crippen LogP contribution in [0.15, 0.2) is 82.6 Å². The summed E-state index contributed by atoms with van der Waals surface area (Å²) in [6, 6.07) is 20.7. The minimum atomic E-state index is -1.02. The number of rotatable bonds is 6. The number of nitrogen functional groups attached to an aromatic ring is 1. The predicted molar refractivity (Wildman–Crippen MR) is 136 cm³/mol. The van der Waals surface area contributed by atoms with Crippen molar-refractivity contribution in [1.29, 1.82) is 0 Å². The summed E-state index contributed by atoms with van der Waals surface area (Å²) in [6.45, 7) is 1.77. The molecule has 9 heteroatoms. The summed E-state index contributed by atoms with van der Waals surface area (Å²) in [5, 5.41) is 11.9. The van der Waals surface area contributed by atoms with Crippen molar-refractivity contribution in [1.82, 2.24) is 9.78 Å². The Morgan fingerprint density at radius 3 is 2.14 bits per heavy atom. The van der Waals surface area contributed by atoms with Gasteiger partial charge in [-0.05, 0) is 55.5 Å². The van der Waals surface area contributed by atoms with Crippen LogP contribution in [0.2, 0.25) is 0 Å². The Labute approximate surface area is 202 Å². The van der Waals surface area contributed by atoms with Crippen LogP contribution in [0, 0.1) is 6.92 Å². The highest BCUT2D eigenvalue weighted by Crippen LogP contribution is 2.26. The Bertz CT molecular complexity index is 1390. The molecule has 180 valence electrons. The number of nitrogens with one attached hydrogen (secondary N) is 1. The van der Waals surface area contributed by atoms with E-state index in [9.17, 15) is 9.59 Å². The zero-order chi connectivity index (χ0) is 25.4. The average Bonchev–Trinajstić information content (AvgIpc) is 3.16. The van der Waals surface area contributed by atoms with Crippen molar-refractivity contribution in [2.45, 2.75) is 6.92 Å². The number of aromatic amines is 1. The molecule has 0 unspecified atom stereocenters. The number of anilines is 1. The van der Waals surface area contributed by atoms with Gasteiger partial charge < -0.3 is 20.3 Å². The van der Waals surface area contributed by atoms with E-state index in [-0.39, 0.29) is 11.1 Å². The first kappa shape index (κ1) is 24.8. The number of hydrogen-bond acceptors (Lipinski definition) is 6. The first-order valence-electron chi connectivity index (χ1n) is 10.6. The summed E-state index contributed by atoms with van der Waals surface area (Å²) >= 11 is 0. The molecule has 0 atom stereocenters. The van der Waals surface area contributed by atoms with Crippen LogP contribution in [-0.2, 0) is 0 Å². The van der Waals surface area contributed by atoms with Crippen LogP contribution in [-0.4, -0.2) is 41.3 Å². The van der Waals surface area contributed by atoms with Crippen LogP contribution in [0.25, 0.3) is 5.69 Å². The molecule has 0 aliphatic carbocycles. The first-order chi connectivity index (χ1) is 16.8. The molecular weight excluding hydrogens is 448 g/mol. The molecule has 4 N–H and O–H groups in total. The van der Waals surface area contributed by atoms with Crippen LogP contribution in [0.3, 0.4) is 0 Å². The molecule has 4 rings (SSSR count). The molecule has 0 radical (unpaired) electrons. The second kappa shape index (κ2) is 11.4. The molecule has 0 saturated heterocycles. The molecule has 1 aromatic heterocycles. The van der Waals surface area contributed by atoms with Gasteiger partial charge in [-0.3, -0.25) is 14.9 Å². The van der Waals surface area contributed by atoms with Gasteiger partial charge in [-0.15, -0.1) is 0 Å². The molecule has 0 aliphatic rings. The van der Waals surface area contributed by atoms with E-state index in [1.807, 2.05) is 30.3 Å². The summed E-state index contributed by atoms with van der Waals surface area (Å²) in [4.78, 5) is 28.0. The van der Waals surface area contributed by atoms with Crippen molar-refractivity contribution in [2.75, 3.05) is 20.0 Å². The Balaban J connectivity index is 0.000000320. The number of nitrogens with two attached hydrogens (primary N) is 1. The van der Waals surface area contributed by atoms with Crippen LogP contribution >= 0.6 is 0 Å². The first-order valence-corrected chi connectivity index (χ1v) is 10.6. The number of aryl methyl sites for hydroxylation is 1. The summed E-state index contributed by atoms with van der Waals surface area (Å²) in [7, 11) is 3.16. The number of nitrogens with zero attached hydrogens (tertiary/aromatic N) is 2. The molecule has 0 saturated carbocycles. The Morgan fingerprint density at radius 2 is 1.57 bits per heavy atom. The number of carboxylic acid groups (broad SMARTS) is 1. The van der Waals surface area contributed by atoms with E-state index in [0.29, 0.717) is 34.1 Å². The van der Waals surface area contributed by atoms with Gasteiger partial charge in [0.2, 0.25) is 0 Å². The van der Waals surface area contributed by atoms with Crippen molar-refractivity contribution in [3.63, 3.8) is 0 Å². The van der Waals surface area contributed by atoms with E-state index in [0.717, 1.165) is 5.75 Å². The summed E-state index contributed by atoms with van der Waals surface area (Å²) in [5.74, 6) is 0.329. The van der Waals surface area contributed by atoms with E-state index < -0.39 is 5.97 Å². The largest absolute Gasteiger partial charge is 0.495 e. The molecule has 0 amide bonds. The van der Waals surface area contributed by atoms with Gasteiger partial charge in [0.15, 0.2) is 0 Å². The minimum Gasteiger partial charge on any atom is -0.495 e. The molecule has 4 aromatic rings. The quantitative estimate of drug-likeness (QED) is 0.283. The molecular formula is C26H26N4O5. The molecule has 9 nitrogen and oxygen atoms in total. The van der Waals surface area contributed by atoms with Gasteiger partial charge in [-0.2, -0.15) is 0 Å². The SMILES string of the molecule is COc1ccccc1N.COc1ccccc1N=Cc1c(C)[nH]n(-c2ccc(C(=O)O)cc2)c1=O. The van der Waals surface area contributed by atoms with E-state index in [1.54, 1.807) is 51.5 Å². The Hall–Kier alpha value is -4.79. The van der Waals surface area contributed by atoms with Crippen molar-refractivity contribution < 1.29 is 19.4 Å². The smallest absolute Gasteiger partial charge is 0.335 e. The number of para-hydroxylation sites is 4. The van der Waals surface area contributed by atoms with E-state index in [1.165, 1.54) is 23.0 Å². The molecule has 3 aromatic carbocycles. The maximum absolute atomic E-state index is 12.7. The lowest BCUT2D eigenvalue weighted by Gasteiger charge is -2.02. The van der Waals surface area contributed by atoms with Crippen LogP contribution in [0.5, 0.6) is 11.5 Å². The normalized spacial score (nSPS) is 10.5. The Kier molecular flexibility index (Phi) is 8.07. The second-order valence-electron chi connectivity index (χ2n) is 7.32. The number of aliphatic imine (C=N–C) groups is 1. The predicted octanol–water partition coefficient (Wildman–Crippen LogP) is 4.21. The number of H-pyrrole nitrogens is 1. The Morgan fingerprint density at radius 1 is 0.971 bits per heavy atom. The van der Waals surface area contributed by atoms with Crippen molar-refractivity contribution in [3.8, 4) is 17.2 Å². The third kappa shape index (κ3) is 5.97. The lowest BCUT2D eigenvalue weighted by Crippen LogP contribution is -2.17. The van der Waals surface area contributed by atoms with E-state index in [2.05, 4.69) is 10.1 Å². The summed E-state index contributed by atoms with van der Waals surface area (Å²) in [5.41, 5.74) is 8.29. The van der Waals surface area contributed by atoms with Gasteiger partial charge in [-0.1, -0.05) is 24.3 Å². The number of methoxy groups -OCH3 is 2. The van der Waals surface area contributed by atoms with Gasteiger partial charge in [0, 0.05) is 11.9 Å². The zero-order valence-electron chi connectivity index (χ0n) is 19.6. The third-order valence-corrected chi connectivity index (χ3v) is 5.05. The van der Waals surface area contributed by atoms with Gasteiger partial charge in [0.05, 0.1) is 36.7 Å². The third-order valence-electron chi connectivity index (χ3n) is 5.05. The molecule has 0 aliphatic heterocycles. The van der Waals surface area contributed by atoms with Crippen LogP contribution in [0.1, 0.15) is 21.6 Å². The fraction of sp³-hybridized carbons (Fsp3) is 0.115. The highest BCUT2D eigenvalue weighted by molar-refractivity contribution is 5.87. The topological polar surface area (TPSA) is 132 Å². The van der Waals surface area contributed by atoms with Crippen LogP contribution in [0.4, 0.5) is 11.4 Å². The van der Waals surface area contributed by atoms with Gasteiger partial charge in [0.25, 0.3) is 5.56 Å². The average molecular weight is 475 g/mol. The van der Waals surface area contributed by atoms with E-state index >= 15 is 0 Å². The maximum atomic E-state index is 12.7. The molecule has 35 heavy (non-hydrogen) atoms. The van der Waals surface area contributed by atoms with Gasteiger partial charge in [-0.25, -0.2) is 9.48 Å². The molecule has 0 fully saturated rings. The standard InChI is InChI=1S/C19H17N3O4.C7H9NO/c1-12-15(11-20-16-5-3-4-6-17(16)26-2)18(23)22(21-12)14-9-7-13(8-10-14)19(24)25;1-9-7-5-3-2-4-6(7)8/h3-11,21H,1-2H3,(H,24,25);2-5H,8H2,1H3. The number of hydrogen-bond donors (Lipinski definition) is 3. The maximum Gasteiger partial charge on any atom is 0.335 e. The van der Waals surface area contributed by atoms with Crippen molar-refractivity contribution in [3.05, 3.63) is 100.0 Å². The lowest BCUT2D eigenvalue weighted by molar-refractivity contribution is 0.0697. The summed E-state index contributed by atoms with van der Waals surface area (Å²) < 4.78 is 11.5. The number of ether oxygens (including phenoxy) is 2. The fourth-order valence-electron chi connectivity index (χ4n) is 3.18. The van der Waals surface area contributed by atoms with Crippen molar-refractivity contribution >= 4 is 23.6 Å². The highest BCUT2D eigenvalue weighted by atomic mass is 16.5. The number of carboxylic acids is 1. The minimum absolute atomic E-state index is 0.156. The summed E-state index contributed by atoms with van der Waals surface area (Å²) in [6.07, 6.45) is 1.49. The van der Waals surface area contributed by atoms with Gasteiger partial charge >= 0.3 is 5.97 Å². The molecule has 0 bridgehead atoms. The van der Waals surface area contributed by atoms with E-state index in [4.69, 9.17) is 20.3 Å². The monoisotopic (exact) mass is 474 g/mol. The lowest BCUT2D eigenvalue weighted by atomic mass is 10.2. The van der Waals surface area contributed by atoms with Crippen molar-refractivity contribution in [2.24, 2.45) is 4.99 Å². The van der Waals surface area contributed by atoms with Crippen LogP contribution < -0.4 is 20.8 Å².